The molecule has 0 bridgehead atoms. The van der Waals surface area contributed by atoms with Gasteiger partial charge in [-0.1, -0.05) is 6.92 Å². The van der Waals surface area contributed by atoms with Gasteiger partial charge in [-0.05, 0) is 26.7 Å². The second kappa shape index (κ2) is 5.46. The third kappa shape index (κ3) is 5.61. The molecule has 0 spiro atoms. The third-order valence-corrected chi connectivity index (χ3v) is 4.90. The van der Waals surface area contributed by atoms with E-state index in [-0.39, 0.29) is 17.9 Å². The van der Waals surface area contributed by atoms with E-state index in [1.807, 2.05) is 6.92 Å². The Labute approximate surface area is 107 Å². The first-order valence-electron chi connectivity index (χ1n) is 5.58. The molecule has 4 nitrogen and oxygen atoms in total. The minimum Gasteiger partial charge on any atom is -0.390 e. The first-order chi connectivity index (χ1) is 7.72. The molecule has 0 amide bonds. The molecule has 0 aliphatic carbocycles. The van der Waals surface area contributed by atoms with Gasteiger partial charge in [0.1, 0.15) is 0 Å². The molecule has 6 heteroatoms. The summed E-state index contributed by atoms with van der Waals surface area (Å²) in [5.74, 6) is -0.0327. The van der Waals surface area contributed by atoms with Gasteiger partial charge in [0.15, 0.2) is 9.84 Å². The lowest BCUT2D eigenvalue weighted by molar-refractivity contribution is 0.0772. The van der Waals surface area contributed by atoms with Crippen LogP contribution in [0.3, 0.4) is 0 Å². The van der Waals surface area contributed by atoms with Crippen molar-refractivity contribution >= 4 is 21.2 Å². The number of sulfone groups is 1. The first-order valence-corrected chi connectivity index (χ1v) is 8.28. The Morgan fingerprint density at radius 1 is 1.47 bits per heavy atom. The Hall–Kier alpha value is -0.460. The van der Waals surface area contributed by atoms with E-state index in [1.165, 1.54) is 11.3 Å². The molecular formula is C11H19NO3S2. The van der Waals surface area contributed by atoms with Gasteiger partial charge < -0.3 is 5.11 Å². The molecule has 17 heavy (non-hydrogen) atoms. The van der Waals surface area contributed by atoms with Crippen LogP contribution in [0.4, 0.5) is 0 Å². The highest BCUT2D eigenvalue weighted by molar-refractivity contribution is 7.90. The molecule has 0 atom stereocenters. The second-order valence-corrected chi connectivity index (χ2v) is 7.87. The summed E-state index contributed by atoms with van der Waals surface area (Å²) in [5, 5.41) is 12.3. The fourth-order valence-corrected chi connectivity index (χ4v) is 3.68. The maximum atomic E-state index is 11.8. The standard InChI is InChI=1S/C11H19NO3S2/c1-4-10-12-9(7-16-10)8-17(14,15)6-5-11(2,3)13/h7,13H,4-6,8H2,1-3H3. The fourth-order valence-electron chi connectivity index (χ4n) is 1.28. The quantitative estimate of drug-likeness (QED) is 0.860. The normalized spacial score (nSPS) is 12.9. The number of hydrogen-bond donors (Lipinski definition) is 1. The van der Waals surface area contributed by atoms with Crippen molar-refractivity contribution in [3.8, 4) is 0 Å². The Bertz CT molecular complexity index is 457. The van der Waals surface area contributed by atoms with Gasteiger partial charge >= 0.3 is 0 Å². The van der Waals surface area contributed by atoms with Crippen LogP contribution in [-0.2, 0) is 22.0 Å². The van der Waals surface area contributed by atoms with E-state index >= 15 is 0 Å². The lowest BCUT2D eigenvalue weighted by Gasteiger charge is -2.16. The predicted molar refractivity (Wildman–Crippen MR) is 69.9 cm³/mol. The van der Waals surface area contributed by atoms with Crippen LogP contribution in [0.2, 0.25) is 0 Å². The molecule has 1 aromatic rings. The number of hydrogen-bond acceptors (Lipinski definition) is 5. The summed E-state index contributed by atoms with van der Waals surface area (Å²) in [7, 11) is -3.18. The molecule has 0 radical (unpaired) electrons. The van der Waals surface area contributed by atoms with Crippen molar-refractivity contribution in [2.24, 2.45) is 0 Å². The van der Waals surface area contributed by atoms with E-state index in [2.05, 4.69) is 4.98 Å². The molecule has 1 heterocycles. The van der Waals surface area contributed by atoms with Crippen LogP contribution in [0.5, 0.6) is 0 Å². The Morgan fingerprint density at radius 3 is 2.59 bits per heavy atom. The van der Waals surface area contributed by atoms with Gasteiger partial charge in [0.2, 0.25) is 0 Å². The summed E-state index contributed by atoms with van der Waals surface area (Å²) >= 11 is 1.49. The molecule has 98 valence electrons. The summed E-state index contributed by atoms with van der Waals surface area (Å²) in [6, 6.07) is 0. The maximum absolute atomic E-state index is 11.8. The van der Waals surface area contributed by atoms with Crippen LogP contribution in [-0.4, -0.2) is 29.9 Å². The summed E-state index contributed by atoms with van der Waals surface area (Å²) in [6.07, 6.45) is 1.08. The Morgan fingerprint density at radius 2 is 2.12 bits per heavy atom. The van der Waals surface area contributed by atoms with E-state index in [0.717, 1.165) is 11.4 Å². The summed E-state index contributed by atoms with van der Waals surface area (Å²) in [6.45, 7) is 5.21. The van der Waals surface area contributed by atoms with E-state index in [4.69, 9.17) is 0 Å². The van der Waals surface area contributed by atoms with E-state index in [1.54, 1.807) is 19.2 Å². The second-order valence-electron chi connectivity index (χ2n) is 4.74. The van der Waals surface area contributed by atoms with E-state index in [0.29, 0.717) is 5.69 Å². The van der Waals surface area contributed by atoms with Crippen LogP contribution in [0.1, 0.15) is 37.9 Å². The lowest BCUT2D eigenvalue weighted by atomic mass is 10.1. The van der Waals surface area contributed by atoms with E-state index in [9.17, 15) is 13.5 Å². The topological polar surface area (TPSA) is 67.3 Å². The smallest absolute Gasteiger partial charge is 0.156 e. The van der Waals surface area contributed by atoms with Gasteiger partial charge in [0.25, 0.3) is 0 Å². The highest BCUT2D eigenvalue weighted by Crippen LogP contribution is 2.15. The molecule has 0 fully saturated rings. The predicted octanol–water partition coefficient (Wildman–Crippen LogP) is 1.78. The van der Waals surface area contributed by atoms with Crippen molar-refractivity contribution in [3.63, 3.8) is 0 Å². The number of aliphatic hydroxyl groups is 1. The molecule has 0 saturated carbocycles. The Balaban J connectivity index is 2.60. The van der Waals surface area contributed by atoms with Crippen molar-refractivity contribution in [3.05, 3.63) is 16.1 Å². The minimum atomic E-state index is -3.18. The third-order valence-electron chi connectivity index (χ3n) is 2.29. The van der Waals surface area contributed by atoms with Crippen LogP contribution < -0.4 is 0 Å². The molecule has 0 aliphatic rings. The van der Waals surface area contributed by atoms with Crippen molar-refractivity contribution in [1.82, 2.24) is 4.98 Å². The summed E-state index contributed by atoms with van der Waals surface area (Å²) < 4.78 is 23.6. The Kier molecular flexibility index (Phi) is 4.69. The monoisotopic (exact) mass is 277 g/mol. The van der Waals surface area contributed by atoms with Crippen LogP contribution in [0.25, 0.3) is 0 Å². The van der Waals surface area contributed by atoms with Crippen LogP contribution in [0.15, 0.2) is 5.38 Å². The zero-order valence-electron chi connectivity index (χ0n) is 10.4. The average molecular weight is 277 g/mol. The highest BCUT2D eigenvalue weighted by Gasteiger charge is 2.20. The number of thiazole rings is 1. The minimum absolute atomic E-state index is 0.00448. The number of aromatic nitrogens is 1. The van der Waals surface area contributed by atoms with Crippen molar-refractivity contribution < 1.29 is 13.5 Å². The van der Waals surface area contributed by atoms with Crippen LogP contribution >= 0.6 is 11.3 Å². The van der Waals surface area contributed by atoms with Gasteiger partial charge in [-0.25, -0.2) is 13.4 Å². The van der Waals surface area contributed by atoms with Crippen molar-refractivity contribution in [2.75, 3.05) is 5.75 Å². The number of rotatable bonds is 6. The molecule has 1 aromatic heterocycles. The maximum Gasteiger partial charge on any atom is 0.156 e. The molecule has 1 N–H and O–H groups in total. The number of nitrogens with zero attached hydrogens (tertiary/aromatic N) is 1. The molecule has 0 unspecified atom stereocenters. The van der Waals surface area contributed by atoms with Gasteiger partial charge in [-0.3, -0.25) is 0 Å². The number of aryl methyl sites for hydroxylation is 1. The zero-order chi connectivity index (χ0) is 13.1. The SMILES string of the molecule is CCc1nc(CS(=O)(=O)CCC(C)(C)O)cs1. The zero-order valence-corrected chi connectivity index (χ0v) is 12.1. The van der Waals surface area contributed by atoms with Crippen LogP contribution in [0, 0.1) is 0 Å². The van der Waals surface area contributed by atoms with Gasteiger partial charge in [0, 0.05) is 5.38 Å². The molecule has 0 aliphatic heterocycles. The lowest BCUT2D eigenvalue weighted by Crippen LogP contribution is -2.24. The molecular weight excluding hydrogens is 258 g/mol. The molecule has 0 aromatic carbocycles. The average Bonchev–Trinajstić information content (AvgIpc) is 2.61. The van der Waals surface area contributed by atoms with Gasteiger partial charge in [0.05, 0.1) is 27.8 Å². The summed E-state index contributed by atoms with van der Waals surface area (Å²) in [5.41, 5.74) is -0.327. The van der Waals surface area contributed by atoms with Gasteiger partial charge in [-0.2, -0.15) is 0 Å². The van der Waals surface area contributed by atoms with Gasteiger partial charge in [-0.15, -0.1) is 11.3 Å². The summed E-state index contributed by atoms with van der Waals surface area (Å²) in [4.78, 5) is 4.24. The largest absolute Gasteiger partial charge is 0.390 e. The molecule has 0 saturated heterocycles. The first kappa shape index (κ1) is 14.6. The van der Waals surface area contributed by atoms with E-state index < -0.39 is 15.4 Å². The fraction of sp³-hybridized carbons (Fsp3) is 0.727. The van der Waals surface area contributed by atoms with Crippen molar-refractivity contribution in [2.45, 2.75) is 45.0 Å². The molecule has 1 rings (SSSR count). The van der Waals surface area contributed by atoms with Crippen molar-refractivity contribution in [1.29, 1.82) is 0 Å². The highest BCUT2D eigenvalue weighted by atomic mass is 32.2.